The topological polar surface area (TPSA) is 173 Å². The van der Waals surface area contributed by atoms with E-state index in [1.165, 1.54) is 7.11 Å². The molecule has 0 aromatic rings. The van der Waals surface area contributed by atoms with Crippen molar-refractivity contribution in [1.82, 2.24) is 0 Å². The SMILES string of the molecule is C.C.C.C.C.C.C.C.COCCOCCC[Si](C)(O[Si](C)(C)C)O[Si](C)(CCCOCC(O)COCC1OC(OC)C(O)C(O)C1O)O[Si](C)(C)O[Si](C)(C)C. The van der Waals surface area contributed by atoms with Crippen LogP contribution in [0.15, 0.2) is 0 Å². The lowest BCUT2D eigenvalue weighted by atomic mass is 9.99. The molecule has 0 radical (unpaired) electrons. The highest BCUT2D eigenvalue weighted by Crippen LogP contribution is 2.32. The first-order valence-electron chi connectivity index (χ1n) is 17.0. The fourth-order valence-electron chi connectivity index (χ4n) is 5.70. The van der Waals surface area contributed by atoms with Crippen LogP contribution >= 0.6 is 0 Å². The minimum absolute atomic E-state index is 0. The molecule has 0 bridgehead atoms. The van der Waals surface area contributed by atoms with E-state index in [0.717, 1.165) is 12.5 Å². The van der Waals surface area contributed by atoms with Gasteiger partial charge >= 0.3 is 25.7 Å². The zero-order valence-corrected chi connectivity index (χ0v) is 36.6. The minimum atomic E-state index is -2.84. The number of aliphatic hydroxyl groups is 4. The van der Waals surface area contributed by atoms with E-state index >= 15 is 0 Å². The summed E-state index contributed by atoms with van der Waals surface area (Å²) in [5.41, 5.74) is 0. The van der Waals surface area contributed by atoms with Gasteiger partial charge in [0.1, 0.15) is 30.5 Å². The predicted molar refractivity (Wildman–Crippen MR) is 248 cm³/mol. The Balaban J connectivity index is -0.000000480. The van der Waals surface area contributed by atoms with E-state index in [9.17, 15) is 20.4 Å². The molecule has 0 amide bonds. The molecule has 0 spiro atoms. The van der Waals surface area contributed by atoms with Crippen molar-refractivity contribution in [2.75, 3.05) is 60.5 Å². The Bertz CT molecular complexity index is 886. The van der Waals surface area contributed by atoms with Crippen LogP contribution in [0.4, 0.5) is 0 Å². The van der Waals surface area contributed by atoms with E-state index in [-0.39, 0.29) is 79.2 Å². The van der Waals surface area contributed by atoms with Gasteiger partial charge in [0.15, 0.2) is 22.9 Å². The highest BCUT2D eigenvalue weighted by atomic mass is 28.5. The van der Waals surface area contributed by atoms with Gasteiger partial charge in [-0.25, -0.2) is 0 Å². The van der Waals surface area contributed by atoms with E-state index < -0.39 is 79.1 Å². The molecule has 8 unspecified atom stereocenters. The second-order valence-corrected chi connectivity index (χ2v) is 35.2. The third kappa shape index (κ3) is 31.4. The van der Waals surface area contributed by atoms with Crippen LogP contribution in [0, 0.1) is 0 Å². The lowest BCUT2D eigenvalue weighted by molar-refractivity contribution is -0.296. The van der Waals surface area contributed by atoms with Gasteiger partial charge < -0.3 is 65.3 Å². The first kappa shape index (κ1) is 74.0. The Kier molecular flexibility index (Phi) is 45.1. The zero-order valence-electron chi connectivity index (χ0n) is 31.6. The smallest absolute Gasteiger partial charge is 0.317 e. The van der Waals surface area contributed by atoms with E-state index in [2.05, 4.69) is 65.5 Å². The molecular weight excluding hydrogens is 809 g/mol. The molecule has 1 aliphatic heterocycles. The molecule has 14 nitrogen and oxygen atoms in total. The molecular formula is C37H100O14Si5. The van der Waals surface area contributed by atoms with Gasteiger partial charge in [0.2, 0.25) is 0 Å². The van der Waals surface area contributed by atoms with Crippen LogP contribution in [0.25, 0.3) is 0 Å². The minimum Gasteiger partial charge on any atom is -0.437 e. The number of hydrogen-bond acceptors (Lipinski definition) is 14. The third-order valence-corrected chi connectivity index (χ3v) is 25.3. The molecule has 19 heteroatoms. The van der Waals surface area contributed by atoms with E-state index in [1.54, 1.807) is 7.11 Å². The van der Waals surface area contributed by atoms with Crippen LogP contribution in [0.5, 0.6) is 0 Å². The first-order valence-corrected chi connectivity index (χ1v) is 31.7. The van der Waals surface area contributed by atoms with Crippen molar-refractivity contribution in [3.05, 3.63) is 0 Å². The van der Waals surface area contributed by atoms with Crippen LogP contribution in [0.1, 0.15) is 72.3 Å². The number of hydrogen-bond donors (Lipinski definition) is 4. The van der Waals surface area contributed by atoms with Crippen molar-refractivity contribution in [2.24, 2.45) is 0 Å². The molecule has 1 heterocycles. The van der Waals surface area contributed by atoms with Crippen LogP contribution < -0.4 is 0 Å². The number of ether oxygens (including phenoxy) is 6. The maximum absolute atomic E-state index is 10.4. The van der Waals surface area contributed by atoms with Crippen LogP contribution in [0.2, 0.25) is 77.6 Å². The summed E-state index contributed by atoms with van der Waals surface area (Å²) in [7, 11) is -8.90. The van der Waals surface area contributed by atoms with Crippen LogP contribution in [-0.2, 0) is 44.9 Å². The Labute approximate surface area is 353 Å². The summed E-state index contributed by atoms with van der Waals surface area (Å²) < 4.78 is 60.1. The van der Waals surface area contributed by atoms with Crippen molar-refractivity contribution < 1.29 is 65.3 Å². The molecule has 1 saturated heterocycles. The largest absolute Gasteiger partial charge is 0.437 e. The van der Waals surface area contributed by atoms with Gasteiger partial charge in [0.25, 0.3) is 0 Å². The van der Waals surface area contributed by atoms with Gasteiger partial charge in [-0.05, 0) is 90.4 Å². The van der Waals surface area contributed by atoms with Gasteiger partial charge in [0.05, 0.1) is 33.0 Å². The molecule has 56 heavy (non-hydrogen) atoms. The van der Waals surface area contributed by atoms with Crippen LogP contribution in [0.3, 0.4) is 0 Å². The molecule has 0 saturated carbocycles. The normalized spacial score (nSPS) is 22.2. The summed E-state index contributed by atoms with van der Waals surface area (Å²) >= 11 is 0. The van der Waals surface area contributed by atoms with Crippen LogP contribution in [-0.4, -0.2) is 160 Å². The predicted octanol–water partition coefficient (Wildman–Crippen LogP) is 7.95. The average Bonchev–Trinajstić information content (AvgIpc) is 2.91. The zero-order chi connectivity index (χ0) is 36.8. The third-order valence-electron chi connectivity index (χ3n) is 7.04. The molecule has 0 aromatic heterocycles. The van der Waals surface area contributed by atoms with Gasteiger partial charge in [-0.2, -0.15) is 0 Å². The number of rotatable bonds is 26. The molecule has 352 valence electrons. The standard InChI is InChI=1S/C29H68O14Si5.8CH4/c1-34-17-18-36-15-13-19-47(11,41-45(6,7)8)43-48(12,42-46(9,10)40-44(3,4)5)20-14-16-37-21-24(30)22-38-23-25-26(31)27(32)28(33)29(35-2)39-25;;;;;;;;/h24-33H,13-23H2,1-12H3;8*1H4. The Morgan fingerprint density at radius 3 is 1.46 bits per heavy atom. The van der Waals surface area contributed by atoms with Gasteiger partial charge in [0, 0.05) is 27.4 Å². The number of methoxy groups -OCH3 is 2. The molecule has 4 N–H and O–H groups in total. The quantitative estimate of drug-likeness (QED) is 0.0487. The second-order valence-electron chi connectivity index (χ2n) is 15.1. The maximum atomic E-state index is 10.4. The summed E-state index contributed by atoms with van der Waals surface area (Å²) in [6.45, 7) is 23.4. The molecule has 8 atom stereocenters. The molecule has 0 aromatic carbocycles. The number of aliphatic hydroxyl groups excluding tert-OH is 4. The Hall–Kier alpha value is 0.524. The van der Waals surface area contributed by atoms with Gasteiger partial charge in [-0.1, -0.05) is 59.4 Å². The first-order chi connectivity index (χ1) is 22.0. The Morgan fingerprint density at radius 1 is 0.536 bits per heavy atom. The summed E-state index contributed by atoms with van der Waals surface area (Å²) in [4.78, 5) is 0. The van der Waals surface area contributed by atoms with Crippen molar-refractivity contribution in [3.8, 4) is 0 Å². The van der Waals surface area contributed by atoms with E-state index in [1.807, 2.05) is 0 Å². The monoisotopic (exact) mass is 909 g/mol. The highest BCUT2D eigenvalue weighted by Gasteiger charge is 2.49. The second kappa shape index (κ2) is 34.2. The van der Waals surface area contributed by atoms with E-state index in [0.29, 0.717) is 38.9 Å². The Morgan fingerprint density at radius 2 is 1.00 bits per heavy atom. The summed E-state index contributed by atoms with van der Waals surface area (Å²) in [5, 5.41) is 40.6. The summed E-state index contributed by atoms with van der Waals surface area (Å²) in [6, 6.07) is 1.45. The fraction of sp³-hybridized carbons (Fsp3) is 1.00. The van der Waals surface area contributed by atoms with Crippen molar-refractivity contribution >= 4 is 42.3 Å². The summed E-state index contributed by atoms with van der Waals surface area (Å²) in [6.07, 6.45) is -5.64. The highest BCUT2D eigenvalue weighted by molar-refractivity contribution is 6.90. The van der Waals surface area contributed by atoms with E-state index in [4.69, 9.17) is 44.9 Å². The van der Waals surface area contributed by atoms with Gasteiger partial charge in [-0.3, -0.25) is 0 Å². The average molecular weight is 910 g/mol. The molecule has 0 aliphatic carbocycles. The van der Waals surface area contributed by atoms with Crippen molar-refractivity contribution in [2.45, 2.75) is 187 Å². The van der Waals surface area contributed by atoms with Crippen molar-refractivity contribution in [1.29, 1.82) is 0 Å². The molecule has 1 fully saturated rings. The lowest BCUT2D eigenvalue weighted by Crippen LogP contribution is -2.60. The fourth-order valence-corrected chi connectivity index (χ4v) is 29.4. The molecule has 1 rings (SSSR count). The molecule has 1 aliphatic rings. The lowest BCUT2D eigenvalue weighted by Gasteiger charge is -2.44. The van der Waals surface area contributed by atoms with Gasteiger partial charge in [-0.15, -0.1) is 0 Å². The maximum Gasteiger partial charge on any atom is 0.317 e. The van der Waals surface area contributed by atoms with Crippen molar-refractivity contribution in [3.63, 3.8) is 0 Å². The summed E-state index contributed by atoms with van der Waals surface area (Å²) in [5.74, 6) is 0.